The first-order chi connectivity index (χ1) is 15.5. The van der Waals surface area contributed by atoms with Crippen LogP contribution in [0, 0.1) is 0 Å². The Bertz CT molecular complexity index is 1510. The number of fused-ring (bicyclic) bond motifs is 2. The lowest BCUT2D eigenvalue weighted by Gasteiger charge is -2.09. The largest absolute Gasteiger partial charge is 0.477 e. The number of amides is 2. The highest BCUT2D eigenvalue weighted by atomic mass is 35.5. The molecule has 0 aliphatic heterocycles. The van der Waals surface area contributed by atoms with Crippen molar-refractivity contribution in [1.82, 2.24) is 19.6 Å². The van der Waals surface area contributed by atoms with Gasteiger partial charge in [-0.1, -0.05) is 35.1 Å². The molecular weight excluding hydrogens is 452 g/mol. The second kappa shape index (κ2) is 7.91. The van der Waals surface area contributed by atoms with Crippen LogP contribution in [0.5, 0.6) is 0 Å². The van der Waals surface area contributed by atoms with Crippen LogP contribution in [0.15, 0.2) is 60.9 Å². The van der Waals surface area contributed by atoms with Gasteiger partial charge >= 0.3 is 12.0 Å². The Kier molecular flexibility index (Phi) is 4.92. The number of urea groups is 1. The van der Waals surface area contributed by atoms with Crippen LogP contribution >= 0.6 is 22.9 Å². The number of carboxylic acid groups (broad SMARTS) is 1. The number of carbonyl (C=O) groups is 2. The zero-order valence-corrected chi connectivity index (χ0v) is 17.7. The van der Waals surface area contributed by atoms with Crippen LogP contribution in [0.25, 0.3) is 27.1 Å². The lowest BCUT2D eigenvalue weighted by atomic mass is 10.1. The van der Waals surface area contributed by atoms with Crippen LogP contribution in [0.3, 0.4) is 0 Å². The molecule has 32 heavy (non-hydrogen) atoms. The third kappa shape index (κ3) is 3.72. The molecule has 3 aromatic heterocycles. The molecule has 158 valence electrons. The van der Waals surface area contributed by atoms with E-state index >= 15 is 0 Å². The highest BCUT2D eigenvalue weighted by molar-refractivity contribution is 7.22. The van der Waals surface area contributed by atoms with Crippen molar-refractivity contribution in [1.29, 1.82) is 0 Å². The van der Waals surface area contributed by atoms with E-state index in [0.29, 0.717) is 21.5 Å². The normalized spacial score (nSPS) is 11.0. The highest BCUT2D eigenvalue weighted by Crippen LogP contribution is 2.29. The lowest BCUT2D eigenvalue weighted by molar-refractivity contribution is 0.0698. The van der Waals surface area contributed by atoms with Gasteiger partial charge in [0.25, 0.3) is 0 Å². The zero-order valence-electron chi connectivity index (χ0n) is 16.1. The first kappa shape index (κ1) is 19.9. The van der Waals surface area contributed by atoms with Crippen molar-refractivity contribution in [2.24, 2.45) is 0 Å². The van der Waals surface area contributed by atoms with Crippen molar-refractivity contribution >= 4 is 61.6 Å². The third-order valence-electron chi connectivity index (χ3n) is 4.62. The number of thiazole rings is 1. The number of hydrogen-bond acceptors (Lipinski definition) is 6. The van der Waals surface area contributed by atoms with Crippen LogP contribution < -0.4 is 10.6 Å². The number of nitrogens with one attached hydrogen (secondary N) is 2. The SMILES string of the molecule is O=C(Nc1cccc(-c2ccnc3c(C(=O)O)cnn23)c1)Nc1nc2ccc(Cl)cc2s1. The molecular formula is C21H13ClN6O3S. The van der Waals surface area contributed by atoms with Gasteiger partial charge in [-0.15, -0.1) is 0 Å². The number of benzene rings is 2. The average molecular weight is 465 g/mol. The Labute approximate surface area is 189 Å². The van der Waals surface area contributed by atoms with Gasteiger partial charge in [0.2, 0.25) is 0 Å². The van der Waals surface area contributed by atoms with E-state index in [9.17, 15) is 14.7 Å². The molecule has 2 aromatic carbocycles. The second-order valence-electron chi connectivity index (χ2n) is 6.72. The summed E-state index contributed by atoms with van der Waals surface area (Å²) in [6.45, 7) is 0. The summed E-state index contributed by atoms with van der Waals surface area (Å²) in [4.78, 5) is 32.3. The molecule has 0 unspecified atom stereocenters. The van der Waals surface area contributed by atoms with E-state index in [-0.39, 0.29) is 11.2 Å². The number of anilines is 2. The molecule has 9 nitrogen and oxygen atoms in total. The second-order valence-corrected chi connectivity index (χ2v) is 8.19. The summed E-state index contributed by atoms with van der Waals surface area (Å²) in [5.74, 6) is -1.10. The maximum atomic E-state index is 12.5. The van der Waals surface area contributed by atoms with Crippen LogP contribution in [0.1, 0.15) is 10.4 Å². The number of rotatable bonds is 4. The van der Waals surface area contributed by atoms with E-state index in [2.05, 4.69) is 25.7 Å². The first-order valence-corrected chi connectivity index (χ1v) is 10.5. The molecule has 0 saturated carbocycles. The number of halogens is 1. The van der Waals surface area contributed by atoms with Crippen molar-refractivity contribution < 1.29 is 14.7 Å². The Morgan fingerprint density at radius 1 is 1.09 bits per heavy atom. The molecule has 0 aliphatic rings. The number of nitrogens with zero attached hydrogens (tertiary/aromatic N) is 4. The third-order valence-corrected chi connectivity index (χ3v) is 5.79. The van der Waals surface area contributed by atoms with E-state index in [4.69, 9.17) is 11.6 Å². The summed E-state index contributed by atoms with van der Waals surface area (Å²) in [7, 11) is 0. The molecule has 2 amide bonds. The van der Waals surface area contributed by atoms with E-state index < -0.39 is 12.0 Å². The minimum atomic E-state index is -1.10. The summed E-state index contributed by atoms with van der Waals surface area (Å²) >= 11 is 7.32. The van der Waals surface area contributed by atoms with Crippen molar-refractivity contribution in [3.05, 3.63) is 71.5 Å². The number of hydrogen-bond donors (Lipinski definition) is 3. The summed E-state index contributed by atoms with van der Waals surface area (Å²) in [5, 5.41) is 20.0. The van der Waals surface area contributed by atoms with Crippen molar-refractivity contribution in [3.63, 3.8) is 0 Å². The van der Waals surface area contributed by atoms with E-state index in [1.807, 2.05) is 6.07 Å². The van der Waals surface area contributed by atoms with Gasteiger partial charge < -0.3 is 10.4 Å². The number of aromatic nitrogens is 4. The molecule has 11 heteroatoms. The highest BCUT2D eigenvalue weighted by Gasteiger charge is 2.15. The Morgan fingerprint density at radius 3 is 2.81 bits per heavy atom. The van der Waals surface area contributed by atoms with Crippen molar-refractivity contribution in [2.75, 3.05) is 10.6 Å². The first-order valence-electron chi connectivity index (χ1n) is 9.28. The topological polar surface area (TPSA) is 122 Å². The minimum absolute atomic E-state index is 0.0117. The minimum Gasteiger partial charge on any atom is -0.477 e. The van der Waals surface area contributed by atoms with Gasteiger partial charge in [0.05, 0.1) is 22.1 Å². The van der Waals surface area contributed by atoms with Gasteiger partial charge in [-0.05, 0) is 36.4 Å². The van der Waals surface area contributed by atoms with Gasteiger partial charge in [-0.25, -0.2) is 24.1 Å². The summed E-state index contributed by atoms with van der Waals surface area (Å²) in [5.41, 5.74) is 2.90. The Morgan fingerprint density at radius 2 is 1.97 bits per heavy atom. The smallest absolute Gasteiger partial charge is 0.341 e. The summed E-state index contributed by atoms with van der Waals surface area (Å²) < 4.78 is 2.32. The van der Waals surface area contributed by atoms with Gasteiger partial charge in [0.15, 0.2) is 10.8 Å². The molecule has 0 atom stereocenters. The van der Waals surface area contributed by atoms with Gasteiger partial charge in [-0.3, -0.25) is 5.32 Å². The Hall–Kier alpha value is -4.02. The molecule has 0 radical (unpaired) electrons. The number of carboxylic acids is 1. The van der Waals surface area contributed by atoms with Gasteiger partial charge in [0, 0.05) is 22.5 Å². The fourth-order valence-corrected chi connectivity index (χ4v) is 4.37. The van der Waals surface area contributed by atoms with Crippen LogP contribution in [0.2, 0.25) is 5.02 Å². The average Bonchev–Trinajstić information content (AvgIpc) is 3.37. The number of carbonyl (C=O) groups excluding carboxylic acids is 1. The number of aromatic carboxylic acids is 1. The predicted octanol–water partition coefficient (Wildman–Crippen LogP) is 5.00. The maximum absolute atomic E-state index is 12.5. The van der Waals surface area contributed by atoms with E-state index in [1.165, 1.54) is 28.2 Å². The van der Waals surface area contributed by atoms with Crippen molar-refractivity contribution in [3.8, 4) is 11.3 Å². The molecule has 0 fully saturated rings. The molecule has 3 heterocycles. The maximum Gasteiger partial charge on any atom is 0.341 e. The summed E-state index contributed by atoms with van der Waals surface area (Å²) in [6, 6.07) is 13.7. The fourth-order valence-electron chi connectivity index (χ4n) is 3.23. The predicted molar refractivity (Wildman–Crippen MR) is 123 cm³/mol. The zero-order chi connectivity index (χ0) is 22.2. The lowest BCUT2D eigenvalue weighted by Crippen LogP contribution is -2.19. The quantitative estimate of drug-likeness (QED) is 0.344. The summed E-state index contributed by atoms with van der Waals surface area (Å²) in [6.07, 6.45) is 2.78. The van der Waals surface area contributed by atoms with Crippen LogP contribution in [0.4, 0.5) is 15.6 Å². The standard InChI is InChI=1S/C21H13ClN6O3S/c22-12-4-5-15-17(9-12)32-21(26-15)27-20(31)25-13-3-1-2-11(8-13)16-6-7-23-18-14(19(29)30)10-24-28(16)18/h1-10H,(H,29,30)(H2,25,26,27,31). The molecule has 0 saturated heterocycles. The molecule has 5 aromatic rings. The van der Waals surface area contributed by atoms with Crippen LogP contribution in [-0.2, 0) is 0 Å². The monoisotopic (exact) mass is 464 g/mol. The molecule has 0 spiro atoms. The molecule has 0 bridgehead atoms. The fraction of sp³-hybridized carbons (Fsp3) is 0. The molecule has 5 rings (SSSR count). The molecule has 0 aliphatic carbocycles. The van der Waals surface area contributed by atoms with E-state index in [1.54, 1.807) is 42.5 Å². The molecule has 3 N–H and O–H groups in total. The van der Waals surface area contributed by atoms with Gasteiger partial charge in [-0.2, -0.15) is 5.10 Å². The Balaban J connectivity index is 1.39. The van der Waals surface area contributed by atoms with Gasteiger partial charge in [0.1, 0.15) is 5.56 Å². The van der Waals surface area contributed by atoms with Crippen LogP contribution in [-0.4, -0.2) is 36.7 Å². The van der Waals surface area contributed by atoms with E-state index in [0.717, 1.165) is 15.8 Å². The van der Waals surface area contributed by atoms with Crippen molar-refractivity contribution in [2.45, 2.75) is 0 Å².